The van der Waals surface area contributed by atoms with Crippen LogP contribution < -0.4 is 5.32 Å². The molecule has 1 unspecified atom stereocenters. The van der Waals surface area contributed by atoms with Crippen molar-refractivity contribution in [1.29, 1.82) is 0 Å². The van der Waals surface area contributed by atoms with Gasteiger partial charge in [-0.2, -0.15) is 0 Å². The second-order valence-corrected chi connectivity index (χ2v) is 6.13. The zero-order valence-electron chi connectivity index (χ0n) is 13.3. The molecule has 0 aromatic carbocycles. The first-order valence-electron chi connectivity index (χ1n) is 8.07. The molecule has 3 heteroatoms. The van der Waals surface area contributed by atoms with Gasteiger partial charge in [0.15, 0.2) is 0 Å². The van der Waals surface area contributed by atoms with Gasteiger partial charge in [0.2, 0.25) is 0 Å². The number of hydrogen-bond acceptors (Lipinski definition) is 3. The molecule has 0 aliphatic carbocycles. The van der Waals surface area contributed by atoms with E-state index >= 15 is 0 Å². The Morgan fingerprint density at radius 1 is 1.35 bits per heavy atom. The van der Waals surface area contributed by atoms with Crippen LogP contribution in [0.4, 0.5) is 0 Å². The van der Waals surface area contributed by atoms with Crippen molar-refractivity contribution in [2.45, 2.75) is 58.5 Å². The molecule has 0 radical (unpaired) electrons. The number of aryl methyl sites for hydroxylation is 1. The average molecular weight is 275 g/mol. The molecule has 112 valence electrons. The maximum Gasteiger partial charge on any atom is 0.0547 e. The molecule has 20 heavy (non-hydrogen) atoms. The molecule has 1 fully saturated rings. The standard InChI is InChI=1S/C17H29N3/c1-4-10-17(11-7-12-18-17)14-20(5-2)13-16-9-6-8-15(3)19-16/h6,8-9,18H,4-5,7,10-14H2,1-3H3. The minimum atomic E-state index is 0.342. The lowest BCUT2D eigenvalue weighted by atomic mass is 9.91. The number of likely N-dealkylation sites (N-methyl/N-ethyl adjacent to an activating group) is 1. The van der Waals surface area contributed by atoms with Crippen molar-refractivity contribution in [3.63, 3.8) is 0 Å². The molecule has 1 atom stereocenters. The molecule has 1 aliphatic heterocycles. The van der Waals surface area contributed by atoms with Crippen molar-refractivity contribution in [3.8, 4) is 0 Å². The van der Waals surface area contributed by atoms with Crippen LogP contribution in [0.15, 0.2) is 18.2 Å². The molecule has 1 saturated heterocycles. The Hall–Kier alpha value is -0.930. The van der Waals surface area contributed by atoms with Crippen molar-refractivity contribution in [2.24, 2.45) is 0 Å². The summed E-state index contributed by atoms with van der Waals surface area (Å²) in [5.41, 5.74) is 2.64. The van der Waals surface area contributed by atoms with E-state index in [0.29, 0.717) is 5.54 Å². The number of nitrogens with one attached hydrogen (secondary N) is 1. The van der Waals surface area contributed by atoms with E-state index in [1.165, 1.54) is 37.9 Å². The topological polar surface area (TPSA) is 28.2 Å². The maximum atomic E-state index is 4.64. The van der Waals surface area contributed by atoms with Crippen LogP contribution in [0, 0.1) is 6.92 Å². The maximum absolute atomic E-state index is 4.64. The van der Waals surface area contributed by atoms with Crippen LogP contribution in [0.3, 0.4) is 0 Å². The third-order valence-electron chi connectivity index (χ3n) is 4.37. The Bertz CT molecular complexity index is 410. The van der Waals surface area contributed by atoms with Gasteiger partial charge in [-0.05, 0) is 51.4 Å². The van der Waals surface area contributed by atoms with E-state index in [9.17, 15) is 0 Å². The summed E-state index contributed by atoms with van der Waals surface area (Å²) in [6.45, 7) is 11.0. The van der Waals surface area contributed by atoms with Gasteiger partial charge in [0.25, 0.3) is 0 Å². The highest BCUT2D eigenvalue weighted by Crippen LogP contribution is 2.26. The Labute approximate surface area is 123 Å². The second-order valence-electron chi connectivity index (χ2n) is 6.13. The number of nitrogens with zero attached hydrogens (tertiary/aromatic N) is 2. The van der Waals surface area contributed by atoms with Gasteiger partial charge in [-0.15, -0.1) is 0 Å². The first-order valence-corrected chi connectivity index (χ1v) is 8.07. The number of aromatic nitrogens is 1. The molecule has 0 amide bonds. The molecule has 0 saturated carbocycles. The van der Waals surface area contributed by atoms with E-state index in [1.54, 1.807) is 0 Å². The predicted molar refractivity (Wildman–Crippen MR) is 84.8 cm³/mol. The van der Waals surface area contributed by atoms with Gasteiger partial charge in [-0.1, -0.05) is 26.3 Å². The lowest BCUT2D eigenvalue weighted by Crippen LogP contribution is -2.49. The molecule has 2 heterocycles. The Morgan fingerprint density at radius 2 is 2.20 bits per heavy atom. The van der Waals surface area contributed by atoms with E-state index in [1.807, 2.05) is 0 Å². The van der Waals surface area contributed by atoms with Gasteiger partial charge >= 0.3 is 0 Å². The zero-order chi connectivity index (χ0) is 14.4. The van der Waals surface area contributed by atoms with Crippen molar-refractivity contribution in [1.82, 2.24) is 15.2 Å². The molecule has 1 aliphatic rings. The van der Waals surface area contributed by atoms with Crippen LogP contribution in [0.25, 0.3) is 0 Å². The fraction of sp³-hybridized carbons (Fsp3) is 0.706. The van der Waals surface area contributed by atoms with Crippen LogP contribution in [-0.4, -0.2) is 35.1 Å². The van der Waals surface area contributed by atoms with Crippen LogP contribution >= 0.6 is 0 Å². The first kappa shape index (κ1) is 15.5. The minimum absolute atomic E-state index is 0.342. The van der Waals surface area contributed by atoms with Crippen LogP contribution in [0.5, 0.6) is 0 Å². The molecule has 1 aromatic heterocycles. The van der Waals surface area contributed by atoms with E-state index < -0.39 is 0 Å². The predicted octanol–water partition coefficient (Wildman–Crippen LogP) is 3.13. The molecule has 1 N–H and O–H groups in total. The summed E-state index contributed by atoms with van der Waals surface area (Å²) in [6.07, 6.45) is 5.18. The van der Waals surface area contributed by atoms with Crippen molar-refractivity contribution in [2.75, 3.05) is 19.6 Å². The summed E-state index contributed by atoms with van der Waals surface area (Å²) in [4.78, 5) is 7.18. The fourth-order valence-corrected chi connectivity index (χ4v) is 3.40. The quantitative estimate of drug-likeness (QED) is 0.828. The minimum Gasteiger partial charge on any atom is -0.310 e. The van der Waals surface area contributed by atoms with Crippen LogP contribution in [0.2, 0.25) is 0 Å². The van der Waals surface area contributed by atoms with Gasteiger partial charge in [0.05, 0.1) is 5.69 Å². The number of rotatable bonds is 7. The highest BCUT2D eigenvalue weighted by molar-refractivity contribution is 5.10. The summed E-state index contributed by atoms with van der Waals surface area (Å²) in [7, 11) is 0. The first-order chi connectivity index (χ1) is 9.67. The zero-order valence-corrected chi connectivity index (χ0v) is 13.3. The summed E-state index contributed by atoms with van der Waals surface area (Å²) in [6, 6.07) is 6.32. The van der Waals surface area contributed by atoms with Gasteiger partial charge in [0, 0.05) is 24.3 Å². The lowest BCUT2D eigenvalue weighted by Gasteiger charge is -2.35. The van der Waals surface area contributed by atoms with E-state index in [0.717, 1.165) is 25.3 Å². The van der Waals surface area contributed by atoms with Gasteiger partial charge in [-0.3, -0.25) is 9.88 Å². The normalized spacial score (nSPS) is 22.6. The molecular weight excluding hydrogens is 246 g/mol. The molecule has 0 bridgehead atoms. The second kappa shape index (κ2) is 7.19. The summed E-state index contributed by atoms with van der Waals surface area (Å²) in [5.74, 6) is 0. The number of pyridine rings is 1. The van der Waals surface area contributed by atoms with E-state index in [4.69, 9.17) is 0 Å². The average Bonchev–Trinajstić information content (AvgIpc) is 2.87. The fourth-order valence-electron chi connectivity index (χ4n) is 3.40. The molecule has 2 rings (SSSR count). The van der Waals surface area contributed by atoms with Crippen LogP contribution in [0.1, 0.15) is 50.9 Å². The largest absolute Gasteiger partial charge is 0.310 e. The third kappa shape index (κ3) is 4.03. The molecule has 0 spiro atoms. The SMILES string of the molecule is CCCC1(CN(CC)Cc2cccc(C)n2)CCCN1. The van der Waals surface area contributed by atoms with E-state index in [-0.39, 0.29) is 0 Å². The summed E-state index contributed by atoms with van der Waals surface area (Å²) < 4.78 is 0. The van der Waals surface area contributed by atoms with Crippen molar-refractivity contribution >= 4 is 0 Å². The lowest BCUT2D eigenvalue weighted by molar-refractivity contribution is 0.182. The Morgan fingerprint density at radius 3 is 2.80 bits per heavy atom. The van der Waals surface area contributed by atoms with Gasteiger partial charge in [0.1, 0.15) is 0 Å². The van der Waals surface area contributed by atoms with Crippen molar-refractivity contribution < 1.29 is 0 Å². The Kier molecular flexibility index (Phi) is 5.55. The highest BCUT2D eigenvalue weighted by Gasteiger charge is 2.33. The third-order valence-corrected chi connectivity index (χ3v) is 4.37. The molecular formula is C17H29N3. The smallest absolute Gasteiger partial charge is 0.0547 e. The summed E-state index contributed by atoms with van der Waals surface area (Å²) in [5, 5.41) is 3.77. The monoisotopic (exact) mass is 275 g/mol. The van der Waals surface area contributed by atoms with E-state index in [2.05, 4.69) is 54.2 Å². The molecule has 3 nitrogen and oxygen atoms in total. The van der Waals surface area contributed by atoms with Gasteiger partial charge < -0.3 is 5.32 Å². The van der Waals surface area contributed by atoms with Crippen molar-refractivity contribution in [3.05, 3.63) is 29.6 Å². The molecule has 1 aromatic rings. The Balaban J connectivity index is 2.00. The highest BCUT2D eigenvalue weighted by atomic mass is 15.2. The summed E-state index contributed by atoms with van der Waals surface area (Å²) >= 11 is 0. The van der Waals surface area contributed by atoms with Crippen LogP contribution in [-0.2, 0) is 6.54 Å². The number of hydrogen-bond donors (Lipinski definition) is 1. The van der Waals surface area contributed by atoms with Gasteiger partial charge in [-0.25, -0.2) is 0 Å².